The number of carbonyl (C=O) groups is 1. The van der Waals surface area contributed by atoms with Crippen LogP contribution in [0.2, 0.25) is 0 Å². The highest BCUT2D eigenvalue weighted by molar-refractivity contribution is 7.88. The number of rotatable bonds is 6. The molecule has 1 aromatic heterocycles. The van der Waals surface area contributed by atoms with Gasteiger partial charge in [0.15, 0.2) is 0 Å². The van der Waals surface area contributed by atoms with E-state index in [-0.39, 0.29) is 25.4 Å². The van der Waals surface area contributed by atoms with E-state index in [9.17, 15) is 13.2 Å². The van der Waals surface area contributed by atoms with Gasteiger partial charge in [-0.25, -0.2) is 13.1 Å². The van der Waals surface area contributed by atoms with Gasteiger partial charge < -0.3 is 9.73 Å². The lowest BCUT2D eigenvalue weighted by Gasteiger charge is -2.05. The predicted molar refractivity (Wildman–Crippen MR) is 85.2 cm³/mol. The smallest absolute Gasteiger partial charge is 0.224 e. The van der Waals surface area contributed by atoms with E-state index in [2.05, 4.69) is 10.0 Å². The maximum Gasteiger partial charge on any atom is 0.224 e. The highest BCUT2D eigenvalue weighted by atomic mass is 32.2. The molecule has 6 nitrogen and oxygen atoms in total. The number of hydrogen-bond donors (Lipinski definition) is 2. The lowest BCUT2D eigenvalue weighted by Crippen LogP contribution is -2.34. The summed E-state index contributed by atoms with van der Waals surface area (Å²) in [7, 11) is -3.23. The molecule has 0 spiro atoms. The van der Waals surface area contributed by atoms with E-state index in [0.717, 1.165) is 33.9 Å². The molecular formula is C15H20N2O4S. The van der Waals surface area contributed by atoms with Crippen LogP contribution in [0.1, 0.15) is 16.7 Å². The third kappa shape index (κ3) is 4.32. The highest BCUT2D eigenvalue weighted by Crippen LogP contribution is 2.25. The van der Waals surface area contributed by atoms with E-state index in [1.165, 1.54) is 0 Å². The topological polar surface area (TPSA) is 88.4 Å². The number of fused-ring (bicyclic) bond motifs is 1. The van der Waals surface area contributed by atoms with Crippen molar-refractivity contribution < 1.29 is 17.6 Å². The van der Waals surface area contributed by atoms with Crippen molar-refractivity contribution >= 4 is 26.9 Å². The van der Waals surface area contributed by atoms with Crippen LogP contribution in [-0.2, 0) is 21.2 Å². The Bertz CT molecular complexity index is 793. The van der Waals surface area contributed by atoms with Crippen LogP contribution in [0.15, 0.2) is 22.8 Å². The van der Waals surface area contributed by atoms with Gasteiger partial charge in [-0.15, -0.1) is 0 Å². The molecule has 2 N–H and O–H groups in total. The quantitative estimate of drug-likeness (QED) is 0.783. The van der Waals surface area contributed by atoms with Crippen LogP contribution in [0.3, 0.4) is 0 Å². The molecule has 0 saturated carbocycles. The Hall–Kier alpha value is -1.86. The molecule has 1 aromatic carbocycles. The molecule has 1 heterocycles. The first-order chi connectivity index (χ1) is 10.3. The van der Waals surface area contributed by atoms with E-state index in [0.29, 0.717) is 0 Å². The molecule has 0 atom stereocenters. The van der Waals surface area contributed by atoms with Gasteiger partial charge in [0, 0.05) is 24.0 Å². The van der Waals surface area contributed by atoms with E-state index < -0.39 is 10.0 Å². The second kappa shape index (κ2) is 6.50. The van der Waals surface area contributed by atoms with Gasteiger partial charge in [0.05, 0.1) is 18.9 Å². The molecule has 0 bridgehead atoms. The second-order valence-corrected chi connectivity index (χ2v) is 7.22. The van der Waals surface area contributed by atoms with Crippen LogP contribution < -0.4 is 10.0 Å². The molecule has 0 fully saturated rings. The zero-order chi connectivity index (χ0) is 16.3. The molecule has 22 heavy (non-hydrogen) atoms. The molecule has 1 amide bonds. The first kappa shape index (κ1) is 16.5. The molecule has 2 aromatic rings. The molecule has 0 saturated heterocycles. The van der Waals surface area contributed by atoms with Crippen molar-refractivity contribution in [2.24, 2.45) is 0 Å². The van der Waals surface area contributed by atoms with Gasteiger partial charge in [-0.1, -0.05) is 0 Å². The minimum Gasteiger partial charge on any atom is -0.464 e. The van der Waals surface area contributed by atoms with Crippen molar-refractivity contribution in [3.05, 3.63) is 35.1 Å². The van der Waals surface area contributed by atoms with E-state index in [1.807, 2.05) is 26.0 Å². The molecule has 0 aliphatic heterocycles. The van der Waals surface area contributed by atoms with Gasteiger partial charge in [0.1, 0.15) is 5.58 Å². The van der Waals surface area contributed by atoms with Crippen LogP contribution in [0.4, 0.5) is 0 Å². The molecular weight excluding hydrogens is 304 g/mol. The first-order valence-electron chi connectivity index (χ1n) is 6.95. The molecule has 7 heteroatoms. The van der Waals surface area contributed by atoms with Gasteiger partial charge in [0.25, 0.3) is 0 Å². The number of amides is 1. The average molecular weight is 324 g/mol. The Balaban J connectivity index is 1.96. The van der Waals surface area contributed by atoms with E-state index in [4.69, 9.17) is 4.42 Å². The van der Waals surface area contributed by atoms with Crippen LogP contribution in [0.25, 0.3) is 11.0 Å². The Morgan fingerprint density at radius 1 is 1.18 bits per heavy atom. The summed E-state index contributed by atoms with van der Waals surface area (Å²) in [5.41, 5.74) is 3.88. The van der Waals surface area contributed by atoms with Gasteiger partial charge in [0.2, 0.25) is 15.9 Å². The number of carbonyl (C=O) groups excluding carboxylic acids is 1. The fourth-order valence-electron chi connectivity index (χ4n) is 2.15. The van der Waals surface area contributed by atoms with Crippen LogP contribution >= 0.6 is 0 Å². The van der Waals surface area contributed by atoms with Crippen molar-refractivity contribution in [2.45, 2.75) is 20.3 Å². The van der Waals surface area contributed by atoms with Crippen molar-refractivity contribution in [3.8, 4) is 0 Å². The van der Waals surface area contributed by atoms with Gasteiger partial charge >= 0.3 is 0 Å². The lowest BCUT2D eigenvalue weighted by molar-refractivity contribution is -0.120. The number of hydrogen-bond acceptors (Lipinski definition) is 4. The Morgan fingerprint density at radius 2 is 1.86 bits per heavy atom. The minimum absolute atomic E-state index is 0.170. The fraction of sp³-hybridized carbons (Fsp3) is 0.400. The lowest BCUT2D eigenvalue weighted by atomic mass is 10.0. The summed E-state index contributed by atoms with van der Waals surface area (Å²) < 4.78 is 29.6. The number of nitrogens with one attached hydrogen (secondary N) is 2. The largest absolute Gasteiger partial charge is 0.464 e. The van der Waals surface area contributed by atoms with Crippen molar-refractivity contribution in [2.75, 3.05) is 19.3 Å². The average Bonchev–Trinajstić information content (AvgIpc) is 2.77. The van der Waals surface area contributed by atoms with Gasteiger partial charge in [-0.3, -0.25) is 4.79 Å². The summed E-state index contributed by atoms with van der Waals surface area (Å²) in [5.74, 6) is -0.170. The Morgan fingerprint density at radius 3 is 2.55 bits per heavy atom. The SMILES string of the molecule is Cc1cc2occ(CC(=O)NCCNS(C)(=O)=O)c2cc1C. The van der Waals surface area contributed by atoms with Crippen LogP contribution in [0.5, 0.6) is 0 Å². The van der Waals surface area contributed by atoms with Crippen molar-refractivity contribution in [3.63, 3.8) is 0 Å². The molecule has 0 radical (unpaired) electrons. The number of aryl methyl sites for hydroxylation is 2. The number of sulfonamides is 1. The first-order valence-corrected chi connectivity index (χ1v) is 8.84. The highest BCUT2D eigenvalue weighted by Gasteiger charge is 2.11. The maximum atomic E-state index is 11.9. The zero-order valence-electron chi connectivity index (χ0n) is 12.9. The monoisotopic (exact) mass is 324 g/mol. The summed E-state index contributed by atoms with van der Waals surface area (Å²) in [5, 5.41) is 3.61. The number of benzene rings is 1. The number of furan rings is 1. The summed E-state index contributed by atoms with van der Waals surface area (Å²) in [6, 6.07) is 3.98. The molecule has 120 valence electrons. The second-order valence-electron chi connectivity index (χ2n) is 5.39. The molecule has 0 aliphatic carbocycles. The van der Waals surface area contributed by atoms with Crippen molar-refractivity contribution in [1.29, 1.82) is 0 Å². The van der Waals surface area contributed by atoms with E-state index >= 15 is 0 Å². The fourth-order valence-corrected chi connectivity index (χ4v) is 2.62. The maximum absolute atomic E-state index is 11.9. The van der Waals surface area contributed by atoms with Crippen molar-refractivity contribution in [1.82, 2.24) is 10.0 Å². The molecule has 0 unspecified atom stereocenters. The Labute approximate surface area is 129 Å². The Kier molecular flexibility index (Phi) is 4.87. The molecule has 0 aliphatic rings. The van der Waals surface area contributed by atoms with Crippen LogP contribution in [-0.4, -0.2) is 33.7 Å². The third-order valence-electron chi connectivity index (χ3n) is 3.43. The summed E-state index contributed by atoms with van der Waals surface area (Å²) >= 11 is 0. The van der Waals surface area contributed by atoms with Gasteiger partial charge in [-0.05, 0) is 37.1 Å². The van der Waals surface area contributed by atoms with E-state index in [1.54, 1.807) is 6.26 Å². The van der Waals surface area contributed by atoms with Gasteiger partial charge in [-0.2, -0.15) is 0 Å². The summed E-state index contributed by atoms with van der Waals surface area (Å²) in [4.78, 5) is 11.9. The molecule has 2 rings (SSSR count). The zero-order valence-corrected chi connectivity index (χ0v) is 13.7. The summed E-state index contributed by atoms with van der Waals surface area (Å²) in [6.07, 6.45) is 2.88. The third-order valence-corrected chi connectivity index (χ3v) is 4.16. The van der Waals surface area contributed by atoms with Crippen LogP contribution in [0, 0.1) is 13.8 Å². The normalized spacial score (nSPS) is 11.8. The summed E-state index contributed by atoms with van der Waals surface area (Å²) in [6.45, 7) is 4.45. The minimum atomic E-state index is -3.23. The standard InChI is InChI=1S/C15H20N2O4S/c1-10-6-13-12(9-21-14(13)7-11(10)2)8-15(18)16-4-5-17-22(3,19)20/h6-7,9,17H,4-5,8H2,1-3H3,(H,16,18). The predicted octanol–water partition coefficient (Wildman–Crippen LogP) is 1.26.